The molecule has 0 saturated carbocycles. The van der Waals surface area contributed by atoms with Gasteiger partial charge in [0.15, 0.2) is 5.76 Å². The molecule has 2 atom stereocenters. The Kier molecular flexibility index (Phi) is 7.20. The second-order valence-corrected chi connectivity index (χ2v) is 10.5. The molecular formula is C17H18BrNO6P2. The van der Waals surface area contributed by atoms with Gasteiger partial charge in [-0.15, -0.1) is 0 Å². The van der Waals surface area contributed by atoms with E-state index in [1.54, 1.807) is 54.6 Å². The van der Waals surface area contributed by atoms with E-state index in [9.17, 15) is 18.8 Å². The van der Waals surface area contributed by atoms with Gasteiger partial charge in [0.25, 0.3) is 5.91 Å². The van der Waals surface area contributed by atoms with Gasteiger partial charge in [0.2, 0.25) is 0 Å². The van der Waals surface area contributed by atoms with Crippen molar-refractivity contribution in [2.75, 3.05) is 13.3 Å². The van der Waals surface area contributed by atoms with Crippen molar-refractivity contribution in [3.05, 3.63) is 76.4 Å². The van der Waals surface area contributed by atoms with Gasteiger partial charge in [-0.2, -0.15) is 0 Å². The normalized spacial score (nSPS) is 16.1. The van der Waals surface area contributed by atoms with Crippen molar-refractivity contribution >= 4 is 42.8 Å². The average Bonchev–Trinajstić information content (AvgIpc) is 2.57. The van der Waals surface area contributed by atoms with Crippen molar-refractivity contribution in [2.45, 2.75) is 0 Å². The van der Waals surface area contributed by atoms with E-state index in [2.05, 4.69) is 25.6 Å². The van der Waals surface area contributed by atoms with Crippen LogP contribution < -0.4 is 5.32 Å². The van der Waals surface area contributed by atoms with Crippen LogP contribution in [0.1, 0.15) is 15.9 Å². The summed E-state index contributed by atoms with van der Waals surface area (Å²) in [5, 5.41) is 2.55. The van der Waals surface area contributed by atoms with Crippen molar-refractivity contribution in [2.24, 2.45) is 0 Å². The van der Waals surface area contributed by atoms with Crippen LogP contribution in [0.4, 0.5) is 0 Å². The van der Waals surface area contributed by atoms with Crippen LogP contribution in [-0.4, -0.2) is 24.1 Å². The van der Waals surface area contributed by atoms with Crippen LogP contribution in [0.2, 0.25) is 0 Å². The summed E-state index contributed by atoms with van der Waals surface area (Å²) in [5.74, 6) is -0.380. The van der Waals surface area contributed by atoms with E-state index in [4.69, 9.17) is 4.52 Å². The minimum Gasteiger partial charge on any atom is -0.422 e. The average molecular weight is 474 g/mol. The lowest BCUT2D eigenvalue weighted by Gasteiger charge is -2.19. The third kappa shape index (κ3) is 7.45. The molecule has 2 rings (SSSR count). The summed E-state index contributed by atoms with van der Waals surface area (Å²) < 4.78 is 34.7. The zero-order valence-corrected chi connectivity index (χ0v) is 17.9. The number of hydrogen-bond donors (Lipinski definition) is 2. The number of halogens is 1. The standard InChI is InChI=1S/C17H18BrNO6P2/c1-26(21,22)25-27(2,23)24-16(13-8-10-15(18)11-9-13)12-19-17(20)14-6-4-3-5-7-14/h3-12H,1-2H3,(H,19,20)(H,21,22). The summed E-state index contributed by atoms with van der Waals surface area (Å²) in [6.07, 6.45) is 1.23. The number of nitrogens with one attached hydrogen (secondary N) is 1. The van der Waals surface area contributed by atoms with Crippen LogP contribution in [0.5, 0.6) is 0 Å². The van der Waals surface area contributed by atoms with Gasteiger partial charge in [-0.3, -0.25) is 9.36 Å². The molecule has 0 heterocycles. The van der Waals surface area contributed by atoms with Crippen molar-refractivity contribution in [1.29, 1.82) is 0 Å². The highest BCUT2D eigenvalue weighted by atomic mass is 79.9. The minimum absolute atomic E-state index is 0.0195. The maximum Gasteiger partial charge on any atom is 0.383 e. The van der Waals surface area contributed by atoms with Gasteiger partial charge in [-0.1, -0.05) is 46.3 Å². The lowest BCUT2D eigenvalue weighted by Crippen LogP contribution is -2.17. The topological polar surface area (TPSA) is 102 Å². The maximum absolute atomic E-state index is 12.5. The SMILES string of the molecule is CP(=O)(O)OP(C)(=O)OC(=CNC(=O)c1ccccc1)c1ccc(Br)cc1. The molecule has 0 saturated heterocycles. The largest absolute Gasteiger partial charge is 0.422 e. The Hall–Kier alpha value is -1.69. The molecule has 2 aromatic rings. The summed E-state index contributed by atoms with van der Waals surface area (Å²) in [5.41, 5.74) is 0.911. The molecule has 0 aliphatic rings. The second-order valence-electron chi connectivity index (χ2n) is 5.60. The summed E-state index contributed by atoms with van der Waals surface area (Å²) >= 11 is 3.31. The molecule has 0 aliphatic heterocycles. The van der Waals surface area contributed by atoms with Gasteiger partial charge in [0.1, 0.15) is 0 Å². The zero-order chi connectivity index (χ0) is 20.1. The smallest absolute Gasteiger partial charge is 0.383 e. The van der Waals surface area contributed by atoms with E-state index in [1.165, 1.54) is 6.20 Å². The Morgan fingerprint density at radius 3 is 2.19 bits per heavy atom. The highest BCUT2D eigenvalue weighted by molar-refractivity contribution is 9.10. The second kappa shape index (κ2) is 9.00. The molecule has 0 fully saturated rings. The quantitative estimate of drug-likeness (QED) is 0.440. The summed E-state index contributed by atoms with van der Waals surface area (Å²) in [6, 6.07) is 15.3. The molecule has 10 heteroatoms. The molecule has 0 radical (unpaired) electrons. The minimum atomic E-state index is -4.04. The molecule has 27 heavy (non-hydrogen) atoms. The van der Waals surface area contributed by atoms with E-state index < -0.39 is 21.1 Å². The van der Waals surface area contributed by atoms with Gasteiger partial charge < -0.3 is 14.7 Å². The fourth-order valence-corrected chi connectivity index (χ4v) is 5.17. The summed E-state index contributed by atoms with van der Waals surface area (Å²) in [4.78, 5) is 21.6. The van der Waals surface area contributed by atoms with Crippen molar-refractivity contribution in [3.8, 4) is 0 Å². The van der Waals surface area contributed by atoms with E-state index >= 15 is 0 Å². The fraction of sp³-hybridized carbons (Fsp3) is 0.118. The number of amides is 1. The predicted octanol–water partition coefficient (Wildman–Crippen LogP) is 4.85. The summed E-state index contributed by atoms with van der Waals surface area (Å²) in [6.45, 7) is 1.98. The third-order valence-corrected chi connectivity index (χ3v) is 6.52. The Labute approximate surface area is 165 Å². The molecule has 0 aromatic heterocycles. The van der Waals surface area contributed by atoms with Crippen molar-refractivity contribution in [3.63, 3.8) is 0 Å². The van der Waals surface area contributed by atoms with Crippen molar-refractivity contribution < 1.29 is 27.7 Å². The van der Waals surface area contributed by atoms with E-state index in [0.717, 1.165) is 17.8 Å². The Morgan fingerprint density at radius 1 is 1.04 bits per heavy atom. The molecule has 0 bridgehead atoms. The van der Waals surface area contributed by atoms with E-state index in [-0.39, 0.29) is 5.76 Å². The van der Waals surface area contributed by atoms with Gasteiger partial charge in [0, 0.05) is 28.5 Å². The van der Waals surface area contributed by atoms with Crippen LogP contribution in [0, 0.1) is 0 Å². The van der Waals surface area contributed by atoms with Crippen LogP contribution >= 0.6 is 31.1 Å². The molecule has 0 aliphatic carbocycles. The number of benzene rings is 2. The third-order valence-electron chi connectivity index (χ3n) is 3.06. The molecule has 1 amide bonds. The lowest BCUT2D eigenvalue weighted by molar-refractivity contribution is 0.0969. The Bertz CT molecular complexity index is 924. The molecule has 7 nitrogen and oxygen atoms in total. The van der Waals surface area contributed by atoms with Gasteiger partial charge in [0.05, 0.1) is 6.66 Å². The van der Waals surface area contributed by atoms with E-state index in [1.807, 2.05) is 0 Å². The number of carbonyl (C=O) groups excluding carboxylic acids is 1. The Morgan fingerprint density at radius 2 is 1.63 bits per heavy atom. The van der Waals surface area contributed by atoms with Gasteiger partial charge >= 0.3 is 15.2 Å². The first-order valence-corrected chi connectivity index (χ1v) is 12.5. The van der Waals surface area contributed by atoms with Crippen LogP contribution in [0.15, 0.2) is 65.3 Å². The molecular weight excluding hydrogens is 456 g/mol. The maximum atomic E-state index is 12.5. The predicted molar refractivity (Wildman–Crippen MR) is 107 cm³/mol. The van der Waals surface area contributed by atoms with Crippen LogP contribution in [0.25, 0.3) is 5.76 Å². The molecule has 0 spiro atoms. The first-order valence-electron chi connectivity index (χ1n) is 7.66. The number of carbonyl (C=O) groups is 1. The molecule has 144 valence electrons. The number of hydrogen-bond acceptors (Lipinski definition) is 5. The Balaban J connectivity index is 2.29. The molecule has 2 N–H and O–H groups in total. The van der Waals surface area contributed by atoms with Gasteiger partial charge in [-0.05, 0) is 24.3 Å². The van der Waals surface area contributed by atoms with Crippen molar-refractivity contribution in [1.82, 2.24) is 5.32 Å². The van der Waals surface area contributed by atoms with Crippen LogP contribution in [-0.2, 0) is 18.0 Å². The zero-order valence-electron chi connectivity index (χ0n) is 14.5. The first kappa shape index (κ1) is 21.6. The summed E-state index contributed by atoms with van der Waals surface area (Å²) in [7, 11) is -7.96. The highest BCUT2D eigenvalue weighted by Crippen LogP contribution is 2.59. The fourth-order valence-electron chi connectivity index (χ4n) is 2.05. The van der Waals surface area contributed by atoms with E-state index in [0.29, 0.717) is 11.1 Å². The molecule has 2 aromatic carbocycles. The lowest BCUT2D eigenvalue weighted by atomic mass is 10.2. The van der Waals surface area contributed by atoms with Gasteiger partial charge in [-0.25, -0.2) is 8.88 Å². The first-order chi connectivity index (χ1) is 12.6. The number of rotatable bonds is 7. The highest BCUT2D eigenvalue weighted by Gasteiger charge is 2.29. The monoisotopic (exact) mass is 473 g/mol. The van der Waals surface area contributed by atoms with Crippen LogP contribution in [0.3, 0.4) is 0 Å². The molecule has 2 unspecified atom stereocenters.